The van der Waals surface area contributed by atoms with Gasteiger partial charge in [-0.1, -0.05) is 24.3 Å². The summed E-state index contributed by atoms with van der Waals surface area (Å²) in [5.41, 5.74) is 2.66. The number of pyridine rings is 1. The summed E-state index contributed by atoms with van der Waals surface area (Å²) in [6, 6.07) is 14.5. The van der Waals surface area contributed by atoms with Gasteiger partial charge in [0.1, 0.15) is 0 Å². The second-order valence-electron chi connectivity index (χ2n) is 4.65. The van der Waals surface area contributed by atoms with Crippen molar-refractivity contribution in [1.82, 2.24) is 4.98 Å². The van der Waals surface area contributed by atoms with E-state index >= 15 is 0 Å². The number of anilines is 1. The number of nitro groups is 1. The first-order valence-electron chi connectivity index (χ1n) is 6.70. The second-order valence-corrected chi connectivity index (χ2v) is 5.57. The first-order chi connectivity index (χ1) is 10.7. The van der Waals surface area contributed by atoms with Crippen molar-refractivity contribution >= 4 is 22.7 Å². The van der Waals surface area contributed by atoms with E-state index in [4.69, 9.17) is 0 Å². The Labute approximate surface area is 131 Å². The highest BCUT2D eigenvalue weighted by Crippen LogP contribution is 2.29. The summed E-state index contributed by atoms with van der Waals surface area (Å²) < 4.78 is 0. The Morgan fingerprint density at radius 1 is 1.18 bits per heavy atom. The number of aromatic nitrogens is 1. The molecule has 110 valence electrons. The molecule has 0 radical (unpaired) electrons. The van der Waals surface area contributed by atoms with Crippen molar-refractivity contribution < 1.29 is 4.92 Å². The molecule has 0 fully saturated rings. The minimum atomic E-state index is -0.357. The van der Waals surface area contributed by atoms with Crippen LogP contribution in [0.1, 0.15) is 5.56 Å². The largest absolute Gasteiger partial charge is 0.380 e. The molecule has 5 nitrogen and oxygen atoms in total. The molecule has 6 heteroatoms. The van der Waals surface area contributed by atoms with Crippen molar-refractivity contribution in [3.63, 3.8) is 0 Å². The number of nitro benzene ring substituents is 1. The molecule has 0 aliphatic rings. The number of hydrogen-bond acceptors (Lipinski definition) is 5. The van der Waals surface area contributed by atoms with Crippen molar-refractivity contribution in [2.24, 2.45) is 0 Å². The highest BCUT2D eigenvalue weighted by atomic mass is 32.1. The molecule has 0 unspecified atom stereocenters. The molecule has 3 aromatic rings. The summed E-state index contributed by atoms with van der Waals surface area (Å²) in [5.74, 6) is 0. The van der Waals surface area contributed by atoms with E-state index in [1.807, 2.05) is 29.6 Å². The monoisotopic (exact) mass is 311 g/mol. The van der Waals surface area contributed by atoms with Gasteiger partial charge in [-0.05, 0) is 18.2 Å². The smallest absolute Gasteiger partial charge is 0.274 e. The average Bonchev–Trinajstić information content (AvgIpc) is 3.03. The number of para-hydroxylation sites is 1. The standard InChI is InChI=1S/C16H13N3O2S/c20-19(21)15-7-2-1-5-12(15)10-18-13-9-16(22-11-13)14-6-3-4-8-17-14/h1-9,11,18H,10H2. The lowest BCUT2D eigenvalue weighted by molar-refractivity contribution is -0.385. The molecule has 0 amide bonds. The van der Waals surface area contributed by atoms with Crippen LogP contribution in [0.3, 0.4) is 0 Å². The summed E-state index contributed by atoms with van der Waals surface area (Å²) >= 11 is 1.59. The van der Waals surface area contributed by atoms with Gasteiger partial charge in [0, 0.05) is 35.4 Å². The summed E-state index contributed by atoms with van der Waals surface area (Å²) in [5, 5.41) is 16.2. The van der Waals surface area contributed by atoms with Gasteiger partial charge in [-0.25, -0.2) is 0 Å². The summed E-state index contributed by atoms with van der Waals surface area (Å²) in [7, 11) is 0. The van der Waals surface area contributed by atoms with Crippen molar-refractivity contribution in [1.29, 1.82) is 0 Å². The van der Waals surface area contributed by atoms with Crippen LogP contribution < -0.4 is 5.32 Å². The number of nitrogens with zero attached hydrogens (tertiary/aromatic N) is 2. The van der Waals surface area contributed by atoms with Gasteiger partial charge >= 0.3 is 0 Å². The molecule has 22 heavy (non-hydrogen) atoms. The maximum absolute atomic E-state index is 11.0. The Kier molecular flexibility index (Phi) is 4.11. The van der Waals surface area contributed by atoms with E-state index in [0.29, 0.717) is 12.1 Å². The van der Waals surface area contributed by atoms with Gasteiger partial charge in [0.25, 0.3) is 5.69 Å². The predicted molar refractivity (Wildman–Crippen MR) is 88.0 cm³/mol. The molecule has 1 N–H and O–H groups in total. The summed E-state index contributed by atoms with van der Waals surface area (Å²) in [4.78, 5) is 16.0. The number of hydrogen-bond donors (Lipinski definition) is 1. The maximum Gasteiger partial charge on any atom is 0.274 e. The van der Waals surface area contributed by atoms with Gasteiger partial charge in [0.15, 0.2) is 0 Å². The summed E-state index contributed by atoms with van der Waals surface area (Å²) in [6.07, 6.45) is 1.76. The fourth-order valence-corrected chi connectivity index (χ4v) is 2.95. The number of rotatable bonds is 5. The van der Waals surface area contributed by atoms with Crippen molar-refractivity contribution in [3.8, 4) is 10.6 Å². The maximum atomic E-state index is 11.0. The average molecular weight is 311 g/mol. The number of benzene rings is 1. The van der Waals surface area contributed by atoms with Crippen LogP contribution in [-0.2, 0) is 6.54 Å². The topological polar surface area (TPSA) is 68.1 Å². The van der Waals surface area contributed by atoms with E-state index in [2.05, 4.69) is 10.3 Å². The molecule has 2 aromatic heterocycles. The minimum absolute atomic E-state index is 0.134. The molecular formula is C16H13N3O2S. The Hall–Kier alpha value is -2.73. The highest BCUT2D eigenvalue weighted by Gasteiger charge is 2.12. The van der Waals surface area contributed by atoms with E-state index in [1.54, 1.807) is 35.7 Å². The van der Waals surface area contributed by atoms with Crippen LogP contribution in [0, 0.1) is 10.1 Å². The van der Waals surface area contributed by atoms with Crippen LogP contribution in [0.5, 0.6) is 0 Å². The zero-order chi connectivity index (χ0) is 15.4. The Morgan fingerprint density at radius 2 is 2.00 bits per heavy atom. The number of thiophene rings is 1. The first kappa shape index (κ1) is 14.2. The van der Waals surface area contributed by atoms with Crippen LogP contribution in [-0.4, -0.2) is 9.91 Å². The fraction of sp³-hybridized carbons (Fsp3) is 0.0625. The first-order valence-corrected chi connectivity index (χ1v) is 7.58. The van der Waals surface area contributed by atoms with E-state index in [9.17, 15) is 10.1 Å². The third-order valence-electron chi connectivity index (χ3n) is 3.19. The molecule has 0 atom stereocenters. The molecule has 2 heterocycles. The Balaban J connectivity index is 1.73. The van der Waals surface area contributed by atoms with E-state index < -0.39 is 0 Å². The van der Waals surface area contributed by atoms with Crippen molar-refractivity contribution in [2.45, 2.75) is 6.54 Å². The van der Waals surface area contributed by atoms with E-state index in [-0.39, 0.29) is 10.6 Å². The van der Waals surface area contributed by atoms with Gasteiger partial charge in [-0.3, -0.25) is 15.1 Å². The van der Waals surface area contributed by atoms with E-state index in [0.717, 1.165) is 16.3 Å². The lowest BCUT2D eigenvalue weighted by atomic mass is 10.2. The highest BCUT2D eigenvalue weighted by molar-refractivity contribution is 7.14. The lowest BCUT2D eigenvalue weighted by Crippen LogP contribution is -2.02. The third kappa shape index (κ3) is 3.12. The molecule has 0 bridgehead atoms. The van der Waals surface area contributed by atoms with Crippen molar-refractivity contribution in [3.05, 3.63) is 75.8 Å². The third-order valence-corrected chi connectivity index (χ3v) is 4.14. The van der Waals surface area contributed by atoms with Crippen LogP contribution in [0.4, 0.5) is 11.4 Å². The molecule has 0 aliphatic carbocycles. The van der Waals surface area contributed by atoms with Crippen LogP contribution >= 0.6 is 11.3 Å². The van der Waals surface area contributed by atoms with Gasteiger partial charge in [-0.15, -0.1) is 11.3 Å². The Morgan fingerprint density at radius 3 is 2.77 bits per heavy atom. The molecule has 3 rings (SSSR count). The van der Waals surface area contributed by atoms with Crippen molar-refractivity contribution in [2.75, 3.05) is 5.32 Å². The fourth-order valence-electron chi connectivity index (χ4n) is 2.11. The van der Waals surface area contributed by atoms with Crippen LogP contribution in [0.2, 0.25) is 0 Å². The quantitative estimate of drug-likeness (QED) is 0.562. The van der Waals surface area contributed by atoms with Crippen LogP contribution in [0.15, 0.2) is 60.1 Å². The van der Waals surface area contributed by atoms with E-state index in [1.165, 1.54) is 6.07 Å². The van der Waals surface area contributed by atoms with Crippen LogP contribution in [0.25, 0.3) is 10.6 Å². The molecule has 0 aliphatic heterocycles. The molecule has 1 aromatic carbocycles. The Bertz CT molecular complexity index is 787. The van der Waals surface area contributed by atoms with Gasteiger partial charge in [-0.2, -0.15) is 0 Å². The normalized spacial score (nSPS) is 10.4. The minimum Gasteiger partial charge on any atom is -0.380 e. The number of nitrogens with one attached hydrogen (secondary N) is 1. The second kappa shape index (κ2) is 6.36. The van der Waals surface area contributed by atoms with Gasteiger partial charge < -0.3 is 5.32 Å². The molecule has 0 spiro atoms. The SMILES string of the molecule is O=[N+]([O-])c1ccccc1CNc1csc(-c2ccccn2)c1. The summed E-state index contributed by atoms with van der Waals surface area (Å²) in [6.45, 7) is 0.412. The molecule has 0 saturated carbocycles. The van der Waals surface area contributed by atoms with Gasteiger partial charge in [0.05, 0.1) is 15.5 Å². The molecular weight excluding hydrogens is 298 g/mol. The van der Waals surface area contributed by atoms with Gasteiger partial charge in [0.2, 0.25) is 0 Å². The molecule has 0 saturated heterocycles. The lowest BCUT2D eigenvalue weighted by Gasteiger charge is -2.04. The zero-order valence-electron chi connectivity index (χ0n) is 11.6. The predicted octanol–water partition coefficient (Wildman–Crippen LogP) is 4.33. The zero-order valence-corrected chi connectivity index (χ0v) is 12.4.